The first-order valence-corrected chi connectivity index (χ1v) is 6.82. The van der Waals surface area contributed by atoms with Crippen LogP contribution in [-0.2, 0) is 0 Å². The first kappa shape index (κ1) is 12.2. The van der Waals surface area contributed by atoms with E-state index >= 15 is 0 Å². The molecule has 5 heteroatoms. The van der Waals surface area contributed by atoms with E-state index in [1.54, 1.807) is 0 Å². The van der Waals surface area contributed by atoms with Crippen LogP contribution >= 0.6 is 22.6 Å². The number of hydrogen-bond acceptors (Lipinski definition) is 3. The predicted molar refractivity (Wildman–Crippen MR) is 84.8 cm³/mol. The van der Waals surface area contributed by atoms with Gasteiger partial charge in [0.15, 0.2) is 0 Å². The van der Waals surface area contributed by atoms with Crippen LogP contribution in [-0.4, -0.2) is 9.97 Å². The van der Waals surface area contributed by atoms with Crippen molar-refractivity contribution < 1.29 is 0 Å². The standard InChI is InChI=1S/C14H10IN3O/c15-9-6-7-12-11(8-9)13(19)18-14(17-12)16-10-4-2-1-3-5-10/h1-8H,(H2,16,17,18,19). The van der Waals surface area contributed by atoms with Crippen LogP contribution in [0.4, 0.5) is 11.6 Å². The van der Waals surface area contributed by atoms with Crippen LogP contribution in [0.15, 0.2) is 53.3 Å². The maximum Gasteiger partial charge on any atom is 0.260 e. The molecular formula is C14H10IN3O. The van der Waals surface area contributed by atoms with Crippen LogP contribution < -0.4 is 10.9 Å². The molecule has 0 aliphatic carbocycles. The first-order valence-electron chi connectivity index (χ1n) is 5.74. The number of H-pyrrole nitrogens is 1. The lowest BCUT2D eigenvalue weighted by molar-refractivity contribution is 1.17. The fraction of sp³-hybridized carbons (Fsp3) is 0. The van der Waals surface area contributed by atoms with Crippen LogP contribution in [0.1, 0.15) is 0 Å². The third-order valence-corrected chi connectivity index (χ3v) is 3.37. The molecule has 0 unspecified atom stereocenters. The van der Waals surface area contributed by atoms with Crippen molar-refractivity contribution in [3.63, 3.8) is 0 Å². The summed E-state index contributed by atoms with van der Waals surface area (Å²) in [5.74, 6) is 0.449. The molecule has 0 fully saturated rings. The Labute approximate surface area is 123 Å². The number of aromatic nitrogens is 2. The summed E-state index contributed by atoms with van der Waals surface area (Å²) in [6.07, 6.45) is 0. The second kappa shape index (κ2) is 5.00. The topological polar surface area (TPSA) is 57.8 Å². The smallest absolute Gasteiger partial charge is 0.260 e. The second-order valence-corrected chi connectivity index (χ2v) is 5.31. The second-order valence-electron chi connectivity index (χ2n) is 4.07. The lowest BCUT2D eigenvalue weighted by Gasteiger charge is -2.06. The molecule has 3 aromatic rings. The molecule has 94 valence electrons. The van der Waals surface area contributed by atoms with Gasteiger partial charge in [-0.3, -0.25) is 9.78 Å². The molecule has 1 aromatic heterocycles. The zero-order valence-corrected chi connectivity index (χ0v) is 12.0. The monoisotopic (exact) mass is 363 g/mol. The highest BCUT2D eigenvalue weighted by molar-refractivity contribution is 14.1. The summed E-state index contributed by atoms with van der Waals surface area (Å²) in [5.41, 5.74) is 1.43. The maximum atomic E-state index is 12.0. The number of nitrogens with zero attached hydrogens (tertiary/aromatic N) is 1. The van der Waals surface area contributed by atoms with Crippen LogP contribution in [0, 0.1) is 3.57 Å². The van der Waals surface area contributed by atoms with E-state index < -0.39 is 0 Å². The number of para-hydroxylation sites is 1. The molecule has 1 heterocycles. The normalized spacial score (nSPS) is 10.6. The van der Waals surface area contributed by atoms with Crippen molar-refractivity contribution in [3.05, 3.63) is 62.5 Å². The van der Waals surface area contributed by atoms with Crippen LogP contribution in [0.3, 0.4) is 0 Å². The van der Waals surface area contributed by atoms with Crippen LogP contribution in [0.5, 0.6) is 0 Å². The van der Waals surface area contributed by atoms with Gasteiger partial charge in [-0.05, 0) is 52.9 Å². The number of halogens is 1. The van der Waals surface area contributed by atoms with Crippen molar-refractivity contribution in [1.82, 2.24) is 9.97 Å². The zero-order valence-electron chi connectivity index (χ0n) is 9.85. The van der Waals surface area contributed by atoms with E-state index in [1.165, 1.54) is 0 Å². The van der Waals surface area contributed by atoms with E-state index in [0.717, 1.165) is 9.26 Å². The Balaban J connectivity index is 2.07. The number of anilines is 2. The molecule has 19 heavy (non-hydrogen) atoms. The Morgan fingerprint density at radius 3 is 2.68 bits per heavy atom. The largest absolute Gasteiger partial charge is 0.326 e. The molecule has 2 N–H and O–H groups in total. The van der Waals surface area contributed by atoms with Crippen molar-refractivity contribution in [3.8, 4) is 0 Å². The van der Waals surface area contributed by atoms with Gasteiger partial charge in [-0.25, -0.2) is 4.98 Å². The summed E-state index contributed by atoms with van der Waals surface area (Å²) in [7, 11) is 0. The van der Waals surface area contributed by atoms with Gasteiger partial charge in [0.05, 0.1) is 10.9 Å². The van der Waals surface area contributed by atoms with Gasteiger partial charge in [0.1, 0.15) is 0 Å². The van der Waals surface area contributed by atoms with Gasteiger partial charge in [-0.15, -0.1) is 0 Å². The van der Waals surface area contributed by atoms with Gasteiger partial charge in [0.2, 0.25) is 5.95 Å². The molecule has 0 saturated heterocycles. The third kappa shape index (κ3) is 2.60. The van der Waals surface area contributed by atoms with Gasteiger partial charge in [0.25, 0.3) is 5.56 Å². The molecule has 0 aliphatic heterocycles. The molecule has 0 spiro atoms. The van der Waals surface area contributed by atoms with Gasteiger partial charge in [0, 0.05) is 9.26 Å². The lowest BCUT2D eigenvalue weighted by Crippen LogP contribution is -2.11. The Kier molecular flexibility index (Phi) is 3.20. The molecule has 0 radical (unpaired) electrons. The number of rotatable bonds is 2. The fourth-order valence-electron chi connectivity index (χ4n) is 1.83. The van der Waals surface area contributed by atoms with Gasteiger partial charge < -0.3 is 5.32 Å². The summed E-state index contributed by atoms with van der Waals surface area (Å²) in [6, 6.07) is 15.2. The predicted octanol–water partition coefficient (Wildman–Crippen LogP) is 3.27. The minimum Gasteiger partial charge on any atom is -0.326 e. The van der Waals surface area contributed by atoms with Crippen molar-refractivity contribution in [2.75, 3.05) is 5.32 Å². The zero-order chi connectivity index (χ0) is 13.2. The summed E-state index contributed by atoms with van der Waals surface area (Å²) >= 11 is 2.18. The Hall–Kier alpha value is -1.89. The summed E-state index contributed by atoms with van der Waals surface area (Å²) in [6.45, 7) is 0. The van der Waals surface area contributed by atoms with Crippen molar-refractivity contribution in [2.24, 2.45) is 0 Å². The number of fused-ring (bicyclic) bond motifs is 1. The number of benzene rings is 2. The summed E-state index contributed by atoms with van der Waals surface area (Å²) in [5, 5.41) is 3.69. The van der Waals surface area contributed by atoms with Crippen molar-refractivity contribution in [2.45, 2.75) is 0 Å². The third-order valence-electron chi connectivity index (χ3n) is 2.70. The van der Waals surface area contributed by atoms with E-state index in [4.69, 9.17) is 0 Å². The van der Waals surface area contributed by atoms with Crippen LogP contribution in [0.25, 0.3) is 10.9 Å². The SMILES string of the molecule is O=c1[nH]c(Nc2ccccc2)nc2ccc(I)cc12. The van der Waals surface area contributed by atoms with Crippen LogP contribution in [0.2, 0.25) is 0 Å². The summed E-state index contributed by atoms with van der Waals surface area (Å²) in [4.78, 5) is 19.2. The Bertz CT molecular complexity index is 784. The fourth-order valence-corrected chi connectivity index (χ4v) is 2.32. The lowest BCUT2D eigenvalue weighted by atomic mass is 10.2. The first-order chi connectivity index (χ1) is 9.22. The minimum absolute atomic E-state index is 0.137. The molecule has 4 nitrogen and oxygen atoms in total. The van der Waals surface area contributed by atoms with Gasteiger partial charge in [-0.1, -0.05) is 18.2 Å². The number of hydrogen-bond donors (Lipinski definition) is 2. The van der Waals surface area contributed by atoms with E-state index in [2.05, 4.69) is 37.9 Å². The van der Waals surface area contributed by atoms with Gasteiger partial charge in [-0.2, -0.15) is 0 Å². The summed E-state index contributed by atoms with van der Waals surface area (Å²) < 4.78 is 1.01. The molecule has 0 saturated carbocycles. The van der Waals surface area contributed by atoms with E-state index in [9.17, 15) is 4.79 Å². The maximum absolute atomic E-state index is 12.0. The van der Waals surface area contributed by atoms with E-state index in [-0.39, 0.29) is 5.56 Å². The molecule has 0 amide bonds. The van der Waals surface area contributed by atoms with E-state index in [1.807, 2.05) is 48.5 Å². The molecule has 0 atom stereocenters. The van der Waals surface area contributed by atoms with E-state index in [0.29, 0.717) is 16.9 Å². The number of aromatic amines is 1. The highest BCUT2D eigenvalue weighted by Crippen LogP contribution is 2.15. The quantitative estimate of drug-likeness (QED) is 0.688. The molecule has 2 aromatic carbocycles. The highest BCUT2D eigenvalue weighted by Gasteiger charge is 2.04. The molecule has 3 rings (SSSR count). The molecule has 0 bridgehead atoms. The average molecular weight is 363 g/mol. The minimum atomic E-state index is -0.137. The highest BCUT2D eigenvalue weighted by atomic mass is 127. The Morgan fingerprint density at radius 1 is 1.11 bits per heavy atom. The van der Waals surface area contributed by atoms with Crippen molar-refractivity contribution in [1.29, 1.82) is 0 Å². The number of nitrogens with one attached hydrogen (secondary N) is 2. The molecule has 0 aliphatic rings. The van der Waals surface area contributed by atoms with Crippen molar-refractivity contribution >= 4 is 45.1 Å². The Morgan fingerprint density at radius 2 is 1.89 bits per heavy atom. The molecular weight excluding hydrogens is 353 g/mol. The average Bonchev–Trinajstić information content (AvgIpc) is 2.41. The van der Waals surface area contributed by atoms with Gasteiger partial charge >= 0.3 is 0 Å².